The number of β-amino-alcohol motifs (C(OH)–C–C–N with tert-alkyl or cyclic N) is 1. The molecule has 0 aromatic heterocycles. The highest BCUT2D eigenvalue weighted by Crippen LogP contribution is 2.53. The molecular weight excluding hydrogens is 398 g/mol. The first-order valence-electron chi connectivity index (χ1n) is 12.2. The molecule has 2 heterocycles. The zero-order chi connectivity index (χ0) is 22.1. The summed E-state index contributed by atoms with van der Waals surface area (Å²) < 4.78 is 0. The van der Waals surface area contributed by atoms with Gasteiger partial charge in [-0.2, -0.15) is 0 Å². The van der Waals surface area contributed by atoms with Gasteiger partial charge in [-0.1, -0.05) is 42.5 Å². The molecule has 2 unspecified atom stereocenters. The molecule has 3 fully saturated rings. The third kappa shape index (κ3) is 4.28. The van der Waals surface area contributed by atoms with Crippen molar-refractivity contribution in [2.45, 2.75) is 44.8 Å². The van der Waals surface area contributed by atoms with E-state index in [1.54, 1.807) is 0 Å². The second-order valence-corrected chi connectivity index (χ2v) is 9.89. The number of likely N-dealkylation sites (tertiary alicyclic amines) is 1. The van der Waals surface area contributed by atoms with Crippen molar-refractivity contribution in [2.24, 2.45) is 5.41 Å². The second kappa shape index (κ2) is 8.87. The van der Waals surface area contributed by atoms with E-state index in [1.807, 2.05) is 17.9 Å². The molecule has 2 aromatic carbocycles. The van der Waals surface area contributed by atoms with E-state index in [9.17, 15) is 9.90 Å². The molecule has 1 amide bonds. The lowest BCUT2D eigenvalue weighted by Crippen LogP contribution is -2.56. The zero-order valence-corrected chi connectivity index (χ0v) is 19.1. The molecule has 3 aliphatic rings. The van der Waals surface area contributed by atoms with Crippen molar-refractivity contribution in [1.82, 2.24) is 9.80 Å². The number of aliphatic hydroxyl groups excluding tert-OH is 1. The van der Waals surface area contributed by atoms with Crippen molar-refractivity contribution in [3.05, 3.63) is 54.6 Å². The summed E-state index contributed by atoms with van der Waals surface area (Å²) in [6, 6.07) is 18.8. The molecule has 2 aliphatic heterocycles. The Hall–Kier alpha value is -2.37. The molecule has 2 aromatic rings. The number of hydrogen-bond acceptors (Lipinski definition) is 4. The number of amides is 1. The fourth-order valence-corrected chi connectivity index (χ4v) is 5.51. The van der Waals surface area contributed by atoms with Crippen LogP contribution in [0.15, 0.2) is 54.6 Å². The number of nitrogens with zero attached hydrogens (tertiary/aromatic N) is 3. The fraction of sp³-hybridized carbons (Fsp3) is 0.519. The quantitative estimate of drug-likeness (QED) is 0.756. The lowest BCUT2D eigenvalue weighted by atomic mass is 9.90. The smallest absolute Gasteiger partial charge is 0.245 e. The Bertz CT molecular complexity index is 943. The predicted octanol–water partition coefficient (Wildman–Crippen LogP) is 3.63. The van der Waals surface area contributed by atoms with Crippen LogP contribution in [0.1, 0.15) is 32.6 Å². The monoisotopic (exact) mass is 433 g/mol. The van der Waals surface area contributed by atoms with Gasteiger partial charge >= 0.3 is 0 Å². The first-order valence-corrected chi connectivity index (χ1v) is 12.2. The van der Waals surface area contributed by atoms with Crippen LogP contribution in [-0.4, -0.2) is 72.2 Å². The van der Waals surface area contributed by atoms with Crippen LogP contribution in [-0.2, 0) is 4.79 Å². The van der Waals surface area contributed by atoms with Crippen LogP contribution in [0.5, 0.6) is 0 Å². The molecule has 5 heteroatoms. The summed E-state index contributed by atoms with van der Waals surface area (Å²) in [6.07, 6.45) is 4.35. The average molecular weight is 434 g/mol. The van der Waals surface area contributed by atoms with Gasteiger partial charge in [0.1, 0.15) is 6.04 Å². The van der Waals surface area contributed by atoms with Crippen molar-refractivity contribution in [3.63, 3.8) is 0 Å². The molecule has 2 saturated heterocycles. The van der Waals surface area contributed by atoms with E-state index in [4.69, 9.17) is 0 Å². The Morgan fingerprint density at radius 1 is 0.938 bits per heavy atom. The number of rotatable bonds is 6. The third-order valence-corrected chi connectivity index (χ3v) is 7.89. The van der Waals surface area contributed by atoms with Gasteiger partial charge in [-0.3, -0.25) is 4.79 Å². The maximum absolute atomic E-state index is 13.1. The van der Waals surface area contributed by atoms with Gasteiger partial charge < -0.3 is 19.8 Å². The standard InChI is InChI=1S/C27H35N3O2/c1-21-26(32)29(15-6-14-28-16-13-27(11-12-27)25(31)20-28)17-18-30(21)24-10-5-9-23(19-24)22-7-3-2-4-8-22/h2-5,7-10,19,21,25,31H,6,11-18,20H2,1H3. The summed E-state index contributed by atoms with van der Waals surface area (Å²) >= 11 is 0. The van der Waals surface area contributed by atoms with Crippen molar-refractivity contribution in [3.8, 4) is 11.1 Å². The molecule has 32 heavy (non-hydrogen) atoms. The normalized spacial score (nSPS) is 25.4. The van der Waals surface area contributed by atoms with Crippen molar-refractivity contribution < 1.29 is 9.90 Å². The fourth-order valence-electron chi connectivity index (χ4n) is 5.51. The lowest BCUT2D eigenvalue weighted by molar-refractivity contribution is -0.134. The number of piperazine rings is 1. The number of hydrogen-bond donors (Lipinski definition) is 1. The molecular formula is C27H35N3O2. The Kier molecular flexibility index (Phi) is 5.95. The summed E-state index contributed by atoms with van der Waals surface area (Å²) in [4.78, 5) is 19.8. The zero-order valence-electron chi connectivity index (χ0n) is 19.1. The summed E-state index contributed by atoms with van der Waals surface area (Å²) in [7, 11) is 0. The van der Waals surface area contributed by atoms with Crippen LogP contribution in [0.2, 0.25) is 0 Å². The molecule has 170 valence electrons. The highest BCUT2D eigenvalue weighted by Gasteiger charge is 2.51. The minimum Gasteiger partial charge on any atom is -0.391 e. The summed E-state index contributed by atoms with van der Waals surface area (Å²) in [5.74, 6) is 0.219. The van der Waals surface area contributed by atoms with Gasteiger partial charge in [0.2, 0.25) is 5.91 Å². The van der Waals surface area contributed by atoms with E-state index >= 15 is 0 Å². The van der Waals surface area contributed by atoms with Crippen molar-refractivity contribution in [2.75, 3.05) is 44.2 Å². The lowest BCUT2D eigenvalue weighted by Gasteiger charge is -2.41. The number of carbonyl (C=O) groups is 1. The van der Waals surface area contributed by atoms with E-state index in [1.165, 1.54) is 24.0 Å². The Balaban J connectivity index is 1.15. The first kappa shape index (κ1) is 21.5. The van der Waals surface area contributed by atoms with E-state index in [0.29, 0.717) is 0 Å². The molecule has 1 aliphatic carbocycles. The van der Waals surface area contributed by atoms with E-state index in [2.05, 4.69) is 58.3 Å². The highest BCUT2D eigenvalue weighted by atomic mass is 16.3. The van der Waals surface area contributed by atoms with Crippen molar-refractivity contribution in [1.29, 1.82) is 0 Å². The van der Waals surface area contributed by atoms with Gasteiger partial charge in [0, 0.05) is 31.9 Å². The SMILES string of the molecule is CC1C(=O)N(CCCN2CCC3(CC3)C(O)C2)CCN1c1cccc(-c2ccccc2)c1. The minimum absolute atomic E-state index is 0.152. The van der Waals surface area contributed by atoms with Crippen molar-refractivity contribution >= 4 is 11.6 Å². The molecule has 1 N–H and O–H groups in total. The summed E-state index contributed by atoms with van der Waals surface area (Å²) in [5.41, 5.74) is 3.75. The van der Waals surface area contributed by atoms with Crippen LogP contribution >= 0.6 is 0 Å². The molecule has 0 bridgehead atoms. The highest BCUT2D eigenvalue weighted by molar-refractivity contribution is 5.86. The Morgan fingerprint density at radius 3 is 2.47 bits per heavy atom. The van der Waals surface area contributed by atoms with Gasteiger partial charge in [-0.15, -0.1) is 0 Å². The molecule has 1 saturated carbocycles. The molecule has 5 rings (SSSR count). The van der Waals surface area contributed by atoms with Gasteiger partial charge in [-0.05, 0) is 74.4 Å². The van der Waals surface area contributed by atoms with E-state index in [-0.39, 0.29) is 23.5 Å². The van der Waals surface area contributed by atoms with Gasteiger partial charge in [-0.25, -0.2) is 0 Å². The number of carbonyl (C=O) groups excluding carboxylic acids is 1. The maximum atomic E-state index is 13.1. The first-order chi connectivity index (χ1) is 15.6. The molecule has 2 atom stereocenters. The van der Waals surface area contributed by atoms with E-state index < -0.39 is 0 Å². The van der Waals surface area contributed by atoms with Crippen LogP contribution in [0.4, 0.5) is 5.69 Å². The van der Waals surface area contributed by atoms with Crippen LogP contribution in [0, 0.1) is 5.41 Å². The number of anilines is 1. The molecule has 0 radical (unpaired) electrons. The summed E-state index contributed by atoms with van der Waals surface area (Å²) in [6.45, 7) is 7.32. The average Bonchev–Trinajstić information content (AvgIpc) is 3.61. The van der Waals surface area contributed by atoms with Crippen LogP contribution in [0.25, 0.3) is 11.1 Å². The second-order valence-electron chi connectivity index (χ2n) is 9.89. The largest absolute Gasteiger partial charge is 0.391 e. The Labute approximate surface area is 191 Å². The third-order valence-electron chi connectivity index (χ3n) is 7.89. The van der Waals surface area contributed by atoms with E-state index in [0.717, 1.165) is 57.8 Å². The van der Waals surface area contributed by atoms with Crippen LogP contribution in [0.3, 0.4) is 0 Å². The van der Waals surface area contributed by atoms with Gasteiger partial charge in [0.25, 0.3) is 0 Å². The number of benzene rings is 2. The minimum atomic E-state index is -0.159. The maximum Gasteiger partial charge on any atom is 0.245 e. The number of aliphatic hydroxyl groups is 1. The molecule has 5 nitrogen and oxygen atoms in total. The predicted molar refractivity (Wildman–Crippen MR) is 129 cm³/mol. The van der Waals surface area contributed by atoms with Gasteiger partial charge in [0.15, 0.2) is 0 Å². The Morgan fingerprint density at radius 2 is 1.72 bits per heavy atom. The summed E-state index contributed by atoms with van der Waals surface area (Å²) in [5, 5.41) is 10.4. The topological polar surface area (TPSA) is 47.0 Å². The van der Waals surface area contributed by atoms with Crippen LogP contribution < -0.4 is 4.90 Å². The van der Waals surface area contributed by atoms with Gasteiger partial charge in [0.05, 0.1) is 6.10 Å². The number of piperidine rings is 1. The molecule has 1 spiro atoms.